The molecule has 5 rings (SSSR count). The van der Waals surface area contributed by atoms with Gasteiger partial charge in [0.2, 0.25) is 6.23 Å². The Morgan fingerprint density at radius 3 is 2.48 bits per heavy atom. The zero-order valence-electron chi connectivity index (χ0n) is 15.8. The fourth-order valence-corrected chi connectivity index (χ4v) is 4.47. The molecule has 3 aromatic rings. The average Bonchev–Trinajstić information content (AvgIpc) is 3.19. The first-order valence-electron chi connectivity index (χ1n) is 9.42. The quantitative estimate of drug-likeness (QED) is 0.342. The van der Waals surface area contributed by atoms with Gasteiger partial charge in [0.05, 0.1) is 21.7 Å². The van der Waals surface area contributed by atoms with E-state index < -0.39 is 11.2 Å². The van der Waals surface area contributed by atoms with Crippen LogP contribution in [0.15, 0.2) is 65.8 Å². The molecule has 0 N–H and O–H groups in total. The fraction of sp³-hybridized carbons (Fsp3) is 0.136. The second-order valence-electron chi connectivity index (χ2n) is 7.28. The molecule has 2 aliphatic heterocycles. The molecule has 2 heterocycles. The van der Waals surface area contributed by atoms with E-state index in [2.05, 4.69) is 0 Å². The minimum absolute atomic E-state index is 0.0155. The van der Waals surface area contributed by atoms with Crippen LogP contribution in [-0.2, 0) is 0 Å². The molecule has 0 bridgehead atoms. The van der Waals surface area contributed by atoms with Crippen LogP contribution in [0.5, 0.6) is 5.75 Å². The first kappa shape index (κ1) is 19.8. The second-order valence-corrected chi connectivity index (χ2v) is 8.12. The standard InChI is InChI=1S/C22H14Cl2FN3O3/c23-14-9-17-20-11-19(12-1-5-15(25)6-2-12)26-27(20)22(31-21(17)18(24)10-14)13-3-7-16(8-4-13)28(29)30/h1-10,20,22H,11H2/t20-,22-/m0/s1. The Kier molecular flexibility index (Phi) is 4.79. The smallest absolute Gasteiger partial charge is 0.269 e. The maximum atomic E-state index is 13.4. The van der Waals surface area contributed by atoms with Crippen molar-refractivity contribution in [3.63, 3.8) is 0 Å². The molecule has 0 fully saturated rings. The molecule has 9 heteroatoms. The summed E-state index contributed by atoms with van der Waals surface area (Å²) in [6.45, 7) is 0. The van der Waals surface area contributed by atoms with E-state index in [-0.39, 0.29) is 17.5 Å². The van der Waals surface area contributed by atoms with E-state index in [0.29, 0.717) is 27.8 Å². The summed E-state index contributed by atoms with van der Waals surface area (Å²) in [6.07, 6.45) is -0.0998. The number of nitro groups is 1. The van der Waals surface area contributed by atoms with Crippen molar-refractivity contribution in [3.8, 4) is 5.75 Å². The third-order valence-electron chi connectivity index (χ3n) is 5.37. The molecule has 0 saturated carbocycles. The lowest BCUT2D eigenvalue weighted by atomic mass is 9.96. The number of halogens is 3. The van der Waals surface area contributed by atoms with Crippen molar-refractivity contribution in [3.05, 3.63) is 103 Å². The third-order valence-corrected chi connectivity index (χ3v) is 5.87. The van der Waals surface area contributed by atoms with Crippen LogP contribution in [0.1, 0.15) is 35.4 Å². The van der Waals surface area contributed by atoms with Crippen molar-refractivity contribution in [2.24, 2.45) is 5.10 Å². The molecule has 2 aliphatic rings. The van der Waals surface area contributed by atoms with Crippen LogP contribution in [0.25, 0.3) is 0 Å². The molecule has 0 amide bonds. The van der Waals surface area contributed by atoms with Crippen LogP contribution >= 0.6 is 23.2 Å². The van der Waals surface area contributed by atoms with Gasteiger partial charge in [-0.25, -0.2) is 9.40 Å². The molecule has 156 valence electrons. The van der Waals surface area contributed by atoms with E-state index >= 15 is 0 Å². The highest BCUT2D eigenvalue weighted by molar-refractivity contribution is 6.35. The zero-order chi connectivity index (χ0) is 21.7. The van der Waals surface area contributed by atoms with E-state index in [4.69, 9.17) is 33.0 Å². The second kappa shape index (κ2) is 7.51. The van der Waals surface area contributed by atoms with Gasteiger partial charge in [0.15, 0.2) is 0 Å². The highest BCUT2D eigenvalue weighted by Crippen LogP contribution is 2.50. The molecule has 3 aromatic carbocycles. The Bertz CT molecular complexity index is 1220. The average molecular weight is 458 g/mol. The zero-order valence-corrected chi connectivity index (χ0v) is 17.3. The maximum Gasteiger partial charge on any atom is 0.269 e. The van der Waals surface area contributed by atoms with E-state index in [1.54, 1.807) is 41.4 Å². The summed E-state index contributed by atoms with van der Waals surface area (Å²) in [5.41, 5.74) is 3.04. The molecule has 0 aliphatic carbocycles. The van der Waals surface area contributed by atoms with Crippen molar-refractivity contribution in [1.29, 1.82) is 0 Å². The van der Waals surface area contributed by atoms with Gasteiger partial charge in [-0.3, -0.25) is 10.1 Å². The van der Waals surface area contributed by atoms with E-state index in [1.165, 1.54) is 24.3 Å². The molecule has 2 atom stereocenters. The molecule has 0 aromatic heterocycles. The minimum atomic E-state index is -0.644. The number of benzene rings is 3. The molecule has 0 radical (unpaired) electrons. The highest BCUT2D eigenvalue weighted by Gasteiger charge is 2.42. The van der Waals surface area contributed by atoms with Crippen molar-refractivity contribution < 1.29 is 14.1 Å². The number of ether oxygens (including phenoxy) is 1. The number of hydrogen-bond acceptors (Lipinski definition) is 5. The molecule has 6 nitrogen and oxygen atoms in total. The Balaban J connectivity index is 1.60. The van der Waals surface area contributed by atoms with Crippen LogP contribution < -0.4 is 4.74 Å². The van der Waals surface area contributed by atoms with E-state index in [0.717, 1.165) is 16.8 Å². The Morgan fingerprint density at radius 2 is 1.81 bits per heavy atom. The Labute approximate surface area is 186 Å². The van der Waals surface area contributed by atoms with Crippen molar-refractivity contribution in [2.45, 2.75) is 18.7 Å². The number of non-ortho nitro benzene ring substituents is 1. The van der Waals surface area contributed by atoms with Gasteiger partial charge in [0, 0.05) is 34.7 Å². The van der Waals surface area contributed by atoms with Gasteiger partial charge >= 0.3 is 0 Å². The topological polar surface area (TPSA) is 68.0 Å². The SMILES string of the molecule is O=[N+]([O-])c1ccc([C@@H]2Oc3c(Cl)cc(Cl)cc3[C@@H]3CC(c4ccc(F)cc4)=NN32)cc1. The largest absolute Gasteiger partial charge is 0.463 e. The third kappa shape index (κ3) is 3.49. The van der Waals surface area contributed by atoms with Gasteiger partial charge in [0.1, 0.15) is 11.6 Å². The monoisotopic (exact) mass is 457 g/mol. The summed E-state index contributed by atoms with van der Waals surface area (Å²) >= 11 is 12.7. The molecule has 0 unspecified atom stereocenters. The van der Waals surface area contributed by atoms with Crippen LogP contribution in [0, 0.1) is 15.9 Å². The van der Waals surface area contributed by atoms with Crippen LogP contribution in [-0.4, -0.2) is 15.6 Å². The summed E-state index contributed by atoms with van der Waals surface area (Å²) in [4.78, 5) is 10.6. The van der Waals surface area contributed by atoms with Crippen molar-refractivity contribution in [1.82, 2.24) is 5.01 Å². The predicted molar refractivity (Wildman–Crippen MR) is 115 cm³/mol. The summed E-state index contributed by atoms with van der Waals surface area (Å²) in [6, 6.07) is 15.5. The minimum Gasteiger partial charge on any atom is -0.463 e. The van der Waals surface area contributed by atoms with Crippen molar-refractivity contribution >= 4 is 34.6 Å². The van der Waals surface area contributed by atoms with Crippen LogP contribution in [0.2, 0.25) is 10.0 Å². The Hall–Kier alpha value is -3.16. The highest BCUT2D eigenvalue weighted by atomic mass is 35.5. The summed E-state index contributed by atoms with van der Waals surface area (Å²) in [7, 11) is 0. The lowest BCUT2D eigenvalue weighted by Crippen LogP contribution is -2.33. The van der Waals surface area contributed by atoms with Gasteiger partial charge in [-0.15, -0.1) is 0 Å². The van der Waals surface area contributed by atoms with Crippen LogP contribution in [0.4, 0.5) is 10.1 Å². The van der Waals surface area contributed by atoms with Gasteiger partial charge in [-0.05, 0) is 42.0 Å². The number of hydrazone groups is 1. The predicted octanol–water partition coefficient (Wildman–Crippen LogP) is 6.28. The normalized spacial score (nSPS) is 19.3. The number of fused-ring (bicyclic) bond motifs is 3. The van der Waals surface area contributed by atoms with E-state index in [9.17, 15) is 14.5 Å². The first-order chi connectivity index (χ1) is 14.9. The summed E-state index contributed by atoms with van der Waals surface area (Å²) in [5.74, 6) is 0.183. The summed E-state index contributed by atoms with van der Waals surface area (Å²) in [5, 5.41) is 18.4. The van der Waals surface area contributed by atoms with Gasteiger partial charge in [-0.1, -0.05) is 35.3 Å². The van der Waals surface area contributed by atoms with Crippen LogP contribution in [0.3, 0.4) is 0 Å². The van der Waals surface area contributed by atoms with E-state index in [1.807, 2.05) is 0 Å². The molecular formula is C22H14Cl2FN3O3. The van der Waals surface area contributed by atoms with Gasteiger partial charge in [-0.2, -0.15) is 5.10 Å². The van der Waals surface area contributed by atoms with Crippen molar-refractivity contribution in [2.75, 3.05) is 0 Å². The molecule has 0 spiro atoms. The molecule has 0 saturated heterocycles. The number of rotatable bonds is 3. The fourth-order valence-electron chi connectivity index (χ4n) is 3.91. The lowest BCUT2D eigenvalue weighted by Gasteiger charge is -2.38. The Morgan fingerprint density at radius 1 is 1.10 bits per heavy atom. The number of nitrogens with zero attached hydrogens (tertiary/aromatic N) is 3. The first-order valence-corrected chi connectivity index (χ1v) is 10.2. The summed E-state index contributed by atoms with van der Waals surface area (Å²) < 4.78 is 19.6. The maximum absolute atomic E-state index is 13.4. The molecule has 31 heavy (non-hydrogen) atoms. The van der Waals surface area contributed by atoms with Gasteiger partial charge in [0.25, 0.3) is 5.69 Å². The lowest BCUT2D eigenvalue weighted by molar-refractivity contribution is -0.384. The molecular weight excluding hydrogens is 444 g/mol. The number of nitro benzene ring substituents is 1. The van der Waals surface area contributed by atoms with Gasteiger partial charge < -0.3 is 4.74 Å². The number of hydrogen-bond donors (Lipinski definition) is 0.